The maximum Gasteiger partial charge on any atom is 0.218 e. The second-order valence-corrected chi connectivity index (χ2v) is 7.71. The van der Waals surface area contributed by atoms with Gasteiger partial charge in [0.15, 0.2) is 0 Å². The Morgan fingerprint density at radius 3 is 2.47 bits per heavy atom. The van der Waals surface area contributed by atoms with E-state index in [1.807, 2.05) is 71.4 Å². The van der Waals surface area contributed by atoms with Crippen LogP contribution in [-0.4, -0.2) is 38.7 Å². The van der Waals surface area contributed by atoms with E-state index in [9.17, 15) is 0 Å². The van der Waals surface area contributed by atoms with Crippen molar-refractivity contribution in [2.24, 2.45) is 0 Å². The molecular weight excluding hydrogens is 400 g/mol. The zero-order valence-electron chi connectivity index (χ0n) is 17.5. The molecule has 32 heavy (non-hydrogen) atoms. The molecule has 2 aromatic heterocycles. The van der Waals surface area contributed by atoms with E-state index in [1.165, 1.54) is 6.33 Å². The maximum atomic E-state index is 8.96. The van der Waals surface area contributed by atoms with Gasteiger partial charge in [-0.1, -0.05) is 30.3 Å². The molecule has 4 aromatic rings. The van der Waals surface area contributed by atoms with Crippen molar-refractivity contribution in [3.8, 4) is 29.0 Å². The van der Waals surface area contributed by atoms with Crippen molar-refractivity contribution in [3.05, 3.63) is 85.1 Å². The third kappa shape index (κ3) is 4.30. The van der Waals surface area contributed by atoms with Crippen LogP contribution in [-0.2, 0) is 0 Å². The van der Waals surface area contributed by atoms with E-state index in [1.54, 1.807) is 6.33 Å². The Labute approximate surface area is 186 Å². The fourth-order valence-electron chi connectivity index (χ4n) is 3.89. The van der Waals surface area contributed by atoms with Crippen LogP contribution in [0.25, 0.3) is 17.1 Å². The topological polar surface area (TPSA) is 79.9 Å². The van der Waals surface area contributed by atoms with E-state index in [2.05, 4.69) is 25.9 Å². The highest BCUT2D eigenvalue weighted by atomic mass is 16.5. The van der Waals surface area contributed by atoms with Crippen LogP contribution in [0, 0.1) is 11.3 Å². The van der Waals surface area contributed by atoms with E-state index >= 15 is 0 Å². The molecule has 7 heteroatoms. The Bertz CT molecular complexity index is 1220. The number of nitrogens with zero attached hydrogens (tertiary/aromatic N) is 6. The number of nitriles is 1. The van der Waals surface area contributed by atoms with E-state index in [0.717, 1.165) is 48.7 Å². The summed E-state index contributed by atoms with van der Waals surface area (Å²) in [4.78, 5) is 15.5. The summed E-state index contributed by atoms with van der Waals surface area (Å²) < 4.78 is 8.05. The molecule has 1 aliphatic heterocycles. The first-order valence-electron chi connectivity index (χ1n) is 10.6. The first-order chi connectivity index (χ1) is 15.8. The van der Waals surface area contributed by atoms with Crippen molar-refractivity contribution < 1.29 is 4.74 Å². The minimum atomic E-state index is 0.107. The van der Waals surface area contributed by atoms with Gasteiger partial charge in [0.25, 0.3) is 0 Å². The normalized spacial score (nSPS) is 14.2. The molecule has 1 fully saturated rings. The number of benzene rings is 2. The fraction of sp³-hybridized carbons (Fsp3) is 0.200. The molecule has 1 aliphatic rings. The van der Waals surface area contributed by atoms with Crippen molar-refractivity contribution in [1.82, 2.24) is 19.5 Å². The standard InChI is InChI=1S/C25H22N6O/c26-15-19-6-8-21(9-7-19)30-12-10-22(11-13-30)32-25-14-24(27-17-28-25)31-16-23(29-18-31)20-4-2-1-3-5-20/h1-9,14,16-18,22H,10-13H2. The van der Waals surface area contributed by atoms with Gasteiger partial charge < -0.3 is 9.64 Å². The highest BCUT2D eigenvalue weighted by Gasteiger charge is 2.21. The summed E-state index contributed by atoms with van der Waals surface area (Å²) >= 11 is 0. The van der Waals surface area contributed by atoms with Crippen LogP contribution >= 0.6 is 0 Å². The quantitative estimate of drug-likeness (QED) is 0.478. The van der Waals surface area contributed by atoms with Crippen LogP contribution in [0.4, 0.5) is 5.69 Å². The monoisotopic (exact) mass is 422 g/mol. The summed E-state index contributed by atoms with van der Waals surface area (Å²) in [7, 11) is 0. The molecular formula is C25H22N6O. The number of hydrogen-bond donors (Lipinski definition) is 0. The Balaban J connectivity index is 1.22. The lowest BCUT2D eigenvalue weighted by atomic mass is 10.1. The van der Waals surface area contributed by atoms with Gasteiger partial charge in [0.1, 0.15) is 24.6 Å². The molecule has 0 saturated carbocycles. The van der Waals surface area contributed by atoms with Gasteiger partial charge in [0, 0.05) is 49.4 Å². The second kappa shape index (κ2) is 8.90. The number of aromatic nitrogens is 4. The summed E-state index contributed by atoms with van der Waals surface area (Å²) in [6, 6.07) is 21.8. The number of rotatable bonds is 5. The van der Waals surface area contributed by atoms with E-state index in [-0.39, 0.29) is 6.10 Å². The van der Waals surface area contributed by atoms with Crippen molar-refractivity contribution >= 4 is 5.69 Å². The third-order valence-electron chi connectivity index (χ3n) is 5.64. The molecule has 0 amide bonds. The Hall–Kier alpha value is -4.18. The van der Waals surface area contributed by atoms with Crippen molar-refractivity contribution in [2.45, 2.75) is 18.9 Å². The molecule has 0 N–H and O–H groups in total. The molecule has 7 nitrogen and oxygen atoms in total. The number of ether oxygens (including phenoxy) is 1. The molecule has 2 aromatic carbocycles. The van der Waals surface area contributed by atoms with Crippen molar-refractivity contribution in [2.75, 3.05) is 18.0 Å². The van der Waals surface area contributed by atoms with Gasteiger partial charge in [-0.25, -0.2) is 15.0 Å². The number of anilines is 1. The summed E-state index contributed by atoms with van der Waals surface area (Å²) in [6.07, 6.45) is 7.15. The van der Waals surface area contributed by atoms with Crippen LogP contribution in [0.1, 0.15) is 18.4 Å². The van der Waals surface area contributed by atoms with Gasteiger partial charge in [-0.3, -0.25) is 4.57 Å². The molecule has 0 radical (unpaired) electrons. The average molecular weight is 422 g/mol. The lowest BCUT2D eigenvalue weighted by Gasteiger charge is -2.33. The van der Waals surface area contributed by atoms with Gasteiger partial charge in [0.2, 0.25) is 5.88 Å². The van der Waals surface area contributed by atoms with Gasteiger partial charge in [0.05, 0.1) is 17.3 Å². The molecule has 0 unspecified atom stereocenters. The number of hydrogen-bond acceptors (Lipinski definition) is 6. The second-order valence-electron chi connectivity index (χ2n) is 7.71. The van der Waals surface area contributed by atoms with E-state index in [0.29, 0.717) is 11.4 Å². The lowest BCUT2D eigenvalue weighted by molar-refractivity contribution is 0.163. The summed E-state index contributed by atoms with van der Waals surface area (Å²) in [5.41, 5.74) is 3.77. The highest BCUT2D eigenvalue weighted by molar-refractivity contribution is 5.58. The zero-order chi connectivity index (χ0) is 21.8. The molecule has 0 aliphatic carbocycles. The number of imidazole rings is 1. The van der Waals surface area contributed by atoms with Gasteiger partial charge >= 0.3 is 0 Å². The molecule has 3 heterocycles. The summed E-state index contributed by atoms with van der Waals surface area (Å²) in [6.45, 7) is 1.80. The predicted octanol–water partition coefficient (Wildman–Crippen LogP) is 4.25. The fourth-order valence-corrected chi connectivity index (χ4v) is 3.89. The maximum absolute atomic E-state index is 8.96. The van der Waals surface area contributed by atoms with Gasteiger partial charge in [-0.05, 0) is 24.3 Å². The van der Waals surface area contributed by atoms with Crippen LogP contribution in [0.3, 0.4) is 0 Å². The van der Waals surface area contributed by atoms with Crippen LogP contribution in [0.2, 0.25) is 0 Å². The minimum Gasteiger partial charge on any atom is -0.474 e. The van der Waals surface area contributed by atoms with E-state index in [4.69, 9.17) is 10.00 Å². The average Bonchev–Trinajstić information content (AvgIpc) is 3.36. The highest BCUT2D eigenvalue weighted by Crippen LogP contribution is 2.24. The first kappa shape index (κ1) is 19.8. The molecule has 158 valence electrons. The van der Waals surface area contributed by atoms with Crippen LogP contribution < -0.4 is 9.64 Å². The van der Waals surface area contributed by atoms with Crippen molar-refractivity contribution in [1.29, 1.82) is 5.26 Å². The SMILES string of the molecule is N#Cc1ccc(N2CCC(Oc3cc(-n4cnc(-c5ccccc5)c4)ncn3)CC2)cc1. The molecule has 0 spiro atoms. The molecule has 1 saturated heterocycles. The predicted molar refractivity (Wildman–Crippen MR) is 122 cm³/mol. The van der Waals surface area contributed by atoms with Crippen molar-refractivity contribution in [3.63, 3.8) is 0 Å². The Kier molecular flexibility index (Phi) is 5.50. The minimum absolute atomic E-state index is 0.107. The smallest absolute Gasteiger partial charge is 0.218 e. The Morgan fingerprint density at radius 1 is 0.938 bits per heavy atom. The van der Waals surface area contributed by atoms with Gasteiger partial charge in [-0.2, -0.15) is 5.26 Å². The Morgan fingerprint density at radius 2 is 1.72 bits per heavy atom. The third-order valence-corrected chi connectivity index (χ3v) is 5.64. The van der Waals surface area contributed by atoms with Crippen LogP contribution in [0.15, 0.2) is 79.5 Å². The zero-order valence-corrected chi connectivity index (χ0v) is 17.5. The summed E-state index contributed by atoms with van der Waals surface area (Å²) in [5, 5.41) is 8.96. The van der Waals surface area contributed by atoms with Crippen LogP contribution in [0.5, 0.6) is 5.88 Å². The molecule has 0 atom stereocenters. The summed E-state index contributed by atoms with van der Waals surface area (Å²) in [5.74, 6) is 1.29. The first-order valence-corrected chi connectivity index (χ1v) is 10.6. The van der Waals surface area contributed by atoms with Gasteiger partial charge in [-0.15, -0.1) is 0 Å². The molecule has 0 bridgehead atoms. The largest absolute Gasteiger partial charge is 0.474 e. The lowest BCUT2D eigenvalue weighted by Crippen LogP contribution is -2.38. The molecule has 5 rings (SSSR count). The van der Waals surface area contributed by atoms with E-state index < -0.39 is 0 Å². The number of piperidine rings is 1.